The molecule has 1 atom stereocenters. The Bertz CT molecular complexity index is 469. The lowest BCUT2D eigenvalue weighted by Crippen LogP contribution is -2.16. The van der Waals surface area contributed by atoms with Gasteiger partial charge in [0.15, 0.2) is 11.3 Å². The van der Waals surface area contributed by atoms with E-state index in [1.54, 1.807) is 0 Å². The van der Waals surface area contributed by atoms with Crippen LogP contribution in [0.4, 0.5) is 0 Å². The van der Waals surface area contributed by atoms with E-state index in [1.807, 2.05) is 0 Å². The van der Waals surface area contributed by atoms with Gasteiger partial charge in [-0.2, -0.15) is 0 Å². The van der Waals surface area contributed by atoms with Crippen molar-refractivity contribution in [3.05, 3.63) is 0 Å². The summed E-state index contributed by atoms with van der Waals surface area (Å²) in [6, 6.07) is 0. The summed E-state index contributed by atoms with van der Waals surface area (Å²) in [7, 11) is -20.6. The van der Waals surface area contributed by atoms with Crippen molar-refractivity contribution in [2.45, 2.75) is 5.40 Å². The molecule has 0 rings (SSSR count). The molecule has 0 aliphatic rings. The average molecular weight is 364 g/mol. The summed E-state index contributed by atoms with van der Waals surface area (Å²) >= 11 is 0. The minimum atomic E-state index is -5.35. The molecule has 0 bridgehead atoms. The first-order chi connectivity index (χ1) is 8.05. The standard InChI is InChI=1S/C3H12O12P4/c4-16(5,6)2-17(7,8)15-1-3(18(9,10)11)19(12,13)14/h3H,1-2H2,(H,7,8)(H2,4,5,6)(H2,9,10,11)(H2,12,13,14). The molecule has 0 aliphatic carbocycles. The third-order valence-corrected chi connectivity index (χ3v) is 8.68. The van der Waals surface area contributed by atoms with Crippen LogP contribution in [0, 0.1) is 0 Å². The Kier molecular flexibility index (Phi) is 6.35. The van der Waals surface area contributed by atoms with Crippen molar-refractivity contribution in [2.24, 2.45) is 0 Å². The van der Waals surface area contributed by atoms with Crippen molar-refractivity contribution < 1.29 is 57.0 Å². The van der Waals surface area contributed by atoms with E-state index in [0.29, 0.717) is 0 Å². The Morgan fingerprint density at radius 2 is 1.16 bits per heavy atom. The minimum Gasteiger partial charge on any atom is -0.324 e. The fraction of sp³-hybridized carbons (Fsp3) is 1.00. The maximum atomic E-state index is 11.1. The molecular weight excluding hydrogens is 352 g/mol. The molecule has 1 unspecified atom stereocenters. The van der Waals surface area contributed by atoms with Crippen molar-refractivity contribution in [3.8, 4) is 0 Å². The van der Waals surface area contributed by atoms with Crippen LogP contribution in [0.5, 0.6) is 0 Å². The monoisotopic (exact) mass is 364 g/mol. The molecule has 0 aliphatic heterocycles. The van der Waals surface area contributed by atoms with Gasteiger partial charge in [-0.15, -0.1) is 0 Å². The van der Waals surface area contributed by atoms with Gasteiger partial charge in [0.2, 0.25) is 0 Å². The summed E-state index contributed by atoms with van der Waals surface area (Å²) in [5.74, 6) is -1.64. The molecule has 19 heavy (non-hydrogen) atoms. The molecule has 0 aromatic carbocycles. The van der Waals surface area contributed by atoms with Crippen molar-refractivity contribution in [1.29, 1.82) is 0 Å². The van der Waals surface area contributed by atoms with E-state index in [0.717, 1.165) is 0 Å². The Morgan fingerprint density at radius 1 is 0.789 bits per heavy atom. The van der Waals surface area contributed by atoms with Gasteiger partial charge in [-0.1, -0.05) is 0 Å². The second-order valence-electron chi connectivity index (χ2n) is 3.40. The van der Waals surface area contributed by atoms with E-state index in [4.69, 9.17) is 34.3 Å². The van der Waals surface area contributed by atoms with E-state index in [2.05, 4.69) is 4.52 Å². The predicted molar refractivity (Wildman–Crippen MR) is 60.6 cm³/mol. The third kappa shape index (κ3) is 8.47. The highest BCUT2D eigenvalue weighted by Crippen LogP contribution is 2.62. The zero-order chi connectivity index (χ0) is 15.7. The van der Waals surface area contributed by atoms with Crippen LogP contribution in [0.2, 0.25) is 0 Å². The lowest BCUT2D eigenvalue weighted by molar-refractivity contribution is 0.249. The maximum Gasteiger partial charge on any atom is 0.343 e. The molecule has 0 radical (unpaired) electrons. The van der Waals surface area contributed by atoms with Gasteiger partial charge < -0.3 is 38.8 Å². The van der Waals surface area contributed by atoms with Gasteiger partial charge >= 0.3 is 30.4 Å². The minimum absolute atomic E-state index is 1.54. The lowest BCUT2D eigenvalue weighted by atomic mass is 10.9. The van der Waals surface area contributed by atoms with E-state index in [9.17, 15) is 18.3 Å². The Labute approximate surface area is 106 Å². The van der Waals surface area contributed by atoms with Crippen molar-refractivity contribution in [2.75, 3.05) is 12.5 Å². The molecule has 16 heteroatoms. The first-order valence-electron chi connectivity index (χ1n) is 4.16. The van der Waals surface area contributed by atoms with Crippen molar-refractivity contribution >= 4 is 30.4 Å². The molecule has 0 heterocycles. The zero-order valence-corrected chi connectivity index (χ0v) is 12.5. The summed E-state index contributed by atoms with van der Waals surface area (Å²) in [4.78, 5) is 60.5. The van der Waals surface area contributed by atoms with Crippen LogP contribution in [-0.2, 0) is 22.8 Å². The van der Waals surface area contributed by atoms with Gasteiger partial charge in [-0.05, 0) is 0 Å². The van der Waals surface area contributed by atoms with Crippen LogP contribution in [0.3, 0.4) is 0 Å². The fourth-order valence-electron chi connectivity index (χ4n) is 0.847. The molecule has 0 aromatic heterocycles. The van der Waals surface area contributed by atoms with Crippen LogP contribution in [0.25, 0.3) is 0 Å². The molecular formula is C3H12O12P4. The van der Waals surface area contributed by atoms with Gasteiger partial charge in [0, 0.05) is 0 Å². The Morgan fingerprint density at radius 3 is 1.42 bits per heavy atom. The lowest BCUT2D eigenvalue weighted by Gasteiger charge is -2.21. The smallest absolute Gasteiger partial charge is 0.324 e. The SMILES string of the molecule is O=P(O)(O)CP(=O)(O)OCC(P(=O)(O)O)P(=O)(O)O. The van der Waals surface area contributed by atoms with Crippen LogP contribution in [0.1, 0.15) is 0 Å². The Balaban J connectivity index is 4.95. The molecule has 0 fully saturated rings. The molecule has 0 aromatic rings. The second-order valence-corrected chi connectivity index (χ2v) is 11.4. The van der Waals surface area contributed by atoms with E-state index >= 15 is 0 Å². The van der Waals surface area contributed by atoms with Gasteiger partial charge in [-0.25, -0.2) is 0 Å². The number of hydrogen-bond acceptors (Lipinski definition) is 5. The molecule has 7 N–H and O–H groups in total. The maximum absolute atomic E-state index is 11.1. The second kappa shape index (κ2) is 6.15. The van der Waals surface area contributed by atoms with Crippen LogP contribution >= 0.6 is 30.4 Å². The van der Waals surface area contributed by atoms with Crippen LogP contribution < -0.4 is 0 Å². The quantitative estimate of drug-likeness (QED) is 0.271. The highest BCUT2D eigenvalue weighted by Gasteiger charge is 2.45. The topological polar surface area (TPSA) is 219 Å². The fourth-order valence-corrected chi connectivity index (χ4v) is 5.76. The molecule has 0 saturated heterocycles. The van der Waals surface area contributed by atoms with E-state index < -0.39 is 48.3 Å². The zero-order valence-electron chi connectivity index (χ0n) is 8.95. The summed E-state index contributed by atoms with van der Waals surface area (Å²) in [5, 5.41) is -2.70. The average Bonchev–Trinajstić information content (AvgIpc) is 1.91. The molecule has 116 valence electrons. The first-order valence-corrected chi connectivity index (χ1v) is 11.1. The number of rotatable bonds is 7. The predicted octanol–water partition coefficient (Wildman–Crippen LogP) is -0.995. The van der Waals surface area contributed by atoms with Gasteiger partial charge in [0.25, 0.3) is 0 Å². The van der Waals surface area contributed by atoms with E-state index in [-0.39, 0.29) is 0 Å². The summed E-state index contributed by atoms with van der Waals surface area (Å²) in [6.45, 7) is -1.54. The van der Waals surface area contributed by atoms with Gasteiger partial charge in [-0.3, -0.25) is 18.3 Å². The van der Waals surface area contributed by atoms with Gasteiger partial charge in [0.1, 0.15) is 0 Å². The van der Waals surface area contributed by atoms with Crippen LogP contribution in [0.15, 0.2) is 0 Å². The molecule has 12 nitrogen and oxygen atoms in total. The third-order valence-electron chi connectivity index (χ3n) is 1.56. The van der Waals surface area contributed by atoms with Crippen molar-refractivity contribution in [3.63, 3.8) is 0 Å². The molecule has 0 spiro atoms. The van der Waals surface area contributed by atoms with Crippen LogP contribution in [-0.4, -0.2) is 52.2 Å². The number of hydrogen-bond donors (Lipinski definition) is 7. The Hall–Kier alpha value is 0.600. The first kappa shape index (κ1) is 19.6. The highest BCUT2D eigenvalue weighted by molar-refractivity contribution is 7.71. The largest absolute Gasteiger partial charge is 0.343 e. The summed E-state index contributed by atoms with van der Waals surface area (Å²) in [5.41, 5.74) is 0. The molecule has 0 amide bonds. The van der Waals surface area contributed by atoms with E-state index in [1.165, 1.54) is 0 Å². The highest BCUT2D eigenvalue weighted by atomic mass is 31.2. The van der Waals surface area contributed by atoms with Gasteiger partial charge in [0.05, 0.1) is 6.61 Å². The summed E-state index contributed by atoms with van der Waals surface area (Å²) < 4.78 is 47.1. The van der Waals surface area contributed by atoms with Crippen molar-refractivity contribution in [1.82, 2.24) is 0 Å². The normalized spacial score (nSPS) is 17.5. The summed E-state index contributed by atoms with van der Waals surface area (Å²) in [6.07, 6.45) is 0. The molecule has 0 saturated carbocycles.